The Morgan fingerprint density at radius 1 is 1.29 bits per heavy atom. The van der Waals surface area contributed by atoms with Gasteiger partial charge in [-0.2, -0.15) is 0 Å². The Kier molecular flexibility index (Phi) is 4.33. The van der Waals surface area contributed by atoms with Gasteiger partial charge in [-0.05, 0) is 24.7 Å². The molecular weight excluding hydrogens is 268 g/mol. The molecule has 3 rings (SSSR count). The number of hydrogen-bond acceptors (Lipinski definition) is 5. The van der Waals surface area contributed by atoms with Crippen molar-refractivity contribution in [3.05, 3.63) is 23.8 Å². The maximum atomic E-state index is 10.7. The fourth-order valence-electron chi connectivity index (χ4n) is 3.21. The highest BCUT2D eigenvalue weighted by Gasteiger charge is 2.35. The van der Waals surface area contributed by atoms with Crippen LogP contribution in [0.2, 0.25) is 0 Å². The van der Waals surface area contributed by atoms with Crippen LogP contribution in [0.4, 0.5) is 0 Å². The van der Waals surface area contributed by atoms with Gasteiger partial charge in [-0.1, -0.05) is 6.92 Å². The van der Waals surface area contributed by atoms with E-state index in [1.807, 2.05) is 18.2 Å². The van der Waals surface area contributed by atoms with Gasteiger partial charge in [0.05, 0.1) is 13.2 Å². The third-order valence-electron chi connectivity index (χ3n) is 4.63. The maximum absolute atomic E-state index is 10.7. The second-order valence-electron chi connectivity index (χ2n) is 5.70. The number of piperazine rings is 1. The van der Waals surface area contributed by atoms with Crippen molar-refractivity contribution in [1.29, 1.82) is 0 Å². The average Bonchev–Trinajstić information content (AvgIpc) is 2.55. The van der Waals surface area contributed by atoms with Crippen LogP contribution in [0.5, 0.6) is 11.5 Å². The fourth-order valence-corrected chi connectivity index (χ4v) is 3.21. The Morgan fingerprint density at radius 2 is 2.05 bits per heavy atom. The molecule has 1 aromatic carbocycles. The molecule has 2 heterocycles. The SMILES string of the molecule is CCN1CCN(C2COc3ccc(OC)cc3C2O)CC1. The van der Waals surface area contributed by atoms with Crippen LogP contribution in [-0.4, -0.2) is 67.4 Å². The van der Waals surface area contributed by atoms with Crippen LogP contribution < -0.4 is 9.47 Å². The van der Waals surface area contributed by atoms with E-state index in [9.17, 15) is 5.11 Å². The van der Waals surface area contributed by atoms with Crippen molar-refractivity contribution in [2.75, 3.05) is 46.4 Å². The van der Waals surface area contributed by atoms with Crippen LogP contribution in [0.15, 0.2) is 18.2 Å². The zero-order chi connectivity index (χ0) is 14.8. The van der Waals surface area contributed by atoms with Gasteiger partial charge in [0.1, 0.15) is 24.2 Å². The van der Waals surface area contributed by atoms with Gasteiger partial charge in [-0.25, -0.2) is 0 Å². The number of ether oxygens (including phenoxy) is 2. The smallest absolute Gasteiger partial charge is 0.125 e. The van der Waals surface area contributed by atoms with E-state index in [0.29, 0.717) is 6.61 Å². The molecule has 2 unspecified atom stereocenters. The summed E-state index contributed by atoms with van der Waals surface area (Å²) in [6, 6.07) is 5.66. The standard InChI is InChI=1S/C16H24N2O3/c1-3-17-6-8-18(9-7-17)14-11-21-15-5-4-12(20-2)10-13(15)16(14)19/h4-5,10,14,16,19H,3,6-9,11H2,1-2H3. The van der Waals surface area contributed by atoms with Crippen molar-refractivity contribution < 1.29 is 14.6 Å². The fraction of sp³-hybridized carbons (Fsp3) is 0.625. The molecule has 5 heteroatoms. The van der Waals surface area contributed by atoms with Crippen LogP contribution in [0.25, 0.3) is 0 Å². The van der Waals surface area contributed by atoms with Gasteiger partial charge < -0.3 is 19.5 Å². The number of fused-ring (bicyclic) bond motifs is 1. The largest absolute Gasteiger partial charge is 0.497 e. The molecule has 0 saturated carbocycles. The van der Waals surface area contributed by atoms with Crippen molar-refractivity contribution in [1.82, 2.24) is 9.80 Å². The Labute approximate surface area is 126 Å². The number of methoxy groups -OCH3 is 1. The Hall–Kier alpha value is -1.30. The molecule has 116 valence electrons. The monoisotopic (exact) mass is 292 g/mol. The van der Waals surface area contributed by atoms with E-state index in [4.69, 9.17) is 9.47 Å². The van der Waals surface area contributed by atoms with Gasteiger partial charge in [0.25, 0.3) is 0 Å². The number of aliphatic hydroxyl groups excluding tert-OH is 1. The summed E-state index contributed by atoms with van der Waals surface area (Å²) in [5, 5.41) is 10.7. The average molecular weight is 292 g/mol. The second kappa shape index (κ2) is 6.22. The number of hydrogen-bond donors (Lipinski definition) is 1. The Bertz CT molecular complexity index is 486. The van der Waals surface area contributed by atoms with Gasteiger partial charge in [0, 0.05) is 31.7 Å². The number of nitrogens with zero attached hydrogens (tertiary/aromatic N) is 2. The lowest BCUT2D eigenvalue weighted by atomic mass is 9.97. The van der Waals surface area contributed by atoms with Crippen LogP contribution in [0.3, 0.4) is 0 Å². The number of likely N-dealkylation sites (N-methyl/N-ethyl adjacent to an activating group) is 1. The van der Waals surface area contributed by atoms with Gasteiger partial charge in [0.2, 0.25) is 0 Å². The first-order chi connectivity index (χ1) is 10.2. The summed E-state index contributed by atoms with van der Waals surface area (Å²) < 4.78 is 11.1. The summed E-state index contributed by atoms with van der Waals surface area (Å²) in [6.07, 6.45) is -0.517. The third-order valence-corrected chi connectivity index (χ3v) is 4.63. The number of benzene rings is 1. The zero-order valence-electron chi connectivity index (χ0n) is 12.8. The molecule has 0 aromatic heterocycles. The molecule has 0 amide bonds. The first-order valence-corrected chi connectivity index (χ1v) is 7.68. The summed E-state index contributed by atoms with van der Waals surface area (Å²) in [5.74, 6) is 1.53. The Morgan fingerprint density at radius 3 is 2.71 bits per heavy atom. The highest BCUT2D eigenvalue weighted by atomic mass is 16.5. The van der Waals surface area contributed by atoms with Gasteiger partial charge in [-0.3, -0.25) is 4.90 Å². The molecule has 1 fully saturated rings. The lowest BCUT2D eigenvalue weighted by Gasteiger charge is -2.42. The van der Waals surface area contributed by atoms with Crippen LogP contribution in [0, 0.1) is 0 Å². The summed E-state index contributed by atoms with van der Waals surface area (Å²) >= 11 is 0. The van der Waals surface area contributed by atoms with Crippen molar-refractivity contribution in [3.8, 4) is 11.5 Å². The minimum absolute atomic E-state index is 0.0311. The molecule has 0 aliphatic carbocycles. The normalized spacial score (nSPS) is 27.0. The van der Waals surface area contributed by atoms with Crippen LogP contribution >= 0.6 is 0 Å². The van der Waals surface area contributed by atoms with E-state index in [-0.39, 0.29) is 6.04 Å². The topological polar surface area (TPSA) is 45.2 Å². The van der Waals surface area contributed by atoms with Crippen molar-refractivity contribution in [2.45, 2.75) is 19.1 Å². The minimum Gasteiger partial charge on any atom is -0.497 e. The molecule has 0 bridgehead atoms. The molecule has 1 saturated heterocycles. The molecule has 5 nitrogen and oxygen atoms in total. The van der Waals surface area contributed by atoms with Gasteiger partial charge in [0.15, 0.2) is 0 Å². The lowest BCUT2D eigenvalue weighted by molar-refractivity contribution is -0.0166. The highest BCUT2D eigenvalue weighted by molar-refractivity contribution is 5.43. The van der Waals surface area contributed by atoms with Crippen LogP contribution in [-0.2, 0) is 0 Å². The molecule has 1 aromatic rings. The zero-order valence-corrected chi connectivity index (χ0v) is 12.8. The van der Waals surface area contributed by atoms with E-state index >= 15 is 0 Å². The number of rotatable bonds is 3. The molecule has 21 heavy (non-hydrogen) atoms. The molecule has 0 spiro atoms. The van der Waals surface area contributed by atoms with Crippen molar-refractivity contribution in [2.24, 2.45) is 0 Å². The number of aliphatic hydroxyl groups is 1. The third kappa shape index (κ3) is 2.86. The van der Waals surface area contributed by atoms with E-state index in [1.54, 1.807) is 7.11 Å². The predicted molar refractivity (Wildman–Crippen MR) is 80.9 cm³/mol. The van der Waals surface area contributed by atoms with E-state index in [0.717, 1.165) is 49.8 Å². The van der Waals surface area contributed by atoms with E-state index in [1.165, 1.54) is 0 Å². The molecule has 1 N–H and O–H groups in total. The van der Waals surface area contributed by atoms with Crippen molar-refractivity contribution >= 4 is 0 Å². The molecular formula is C16H24N2O3. The summed E-state index contributed by atoms with van der Waals surface area (Å²) in [4.78, 5) is 4.78. The summed E-state index contributed by atoms with van der Waals surface area (Å²) in [5.41, 5.74) is 0.837. The summed E-state index contributed by atoms with van der Waals surface area (Å²) in [6.45, 7) is 7.92. The Balaban J connectivity index is 1.74. The van der Waals surface area contributed by atoms with Crippen molar-refractivity contribution in [3.63, 3.8) is 0 Å². The summed E-state index contributed by atoms with van der Waals surface area (Å²) in [7, 11) is 1.64. The first-order valence-electron chi connectivity index (χ1n) is 7.68. The van der Waals surface area contributed by atoms with E-state index < -0.39 is 6.10 Å². The second-order valence-corrected chi connectivity index (χ2v) is 5.70. The first kappa shape index (κ1) is 14.6. The van der Waals surface area contributed by atoms with Gasteiger partial charge in [-0.15, -0.1) is 0 Å². The predicted octanol–water partition coefficient (Wildman–Crippen LogP) is 1.13. The maximum Gasteiger partial charge on any atom is 0.125 e. The van der Waals surface area contributed by atoms with Gasteiger partial charge >= 0.3 is 0 Å². The quantitative estimate of drug-likeness (QED) is 0.905. The van der Waals surface area contributed by atoms with Crippen LogP contribution in [0.1, 0.15) is 18.6 Å². The molecule has 2 atom stereocenters. The lowest BCUT2D eigenvalue weighted by Crippen LogP contribution is -2.54. The van der Waals surface area contributed by atoms with E-state index in [2.05, 4.69) is 16.7 Å². The molecule has 2 aliphatic rings. The molecule has 0 radical (unpaired) electrons. The molecule has 2 aliphatic heterocycles. The highest BCUT2D eigenvalue weighted by Crippen LogP contribution is 2.36. The minimum atomic E-state index is -0.517.